The Morgan fingerprint density at radius 3 is 2.62 bits per heavy atom. The summed E-state index contributed by atoms with van der Waals surface area (Å²) in [5.74, 6) is 0.308. The lowest BCUT2D eigenvalue weighted by Gasteiger charge is -2.25. The van der Waals surface area contributed by atoms with Crippen LogP contribution in [-0.2, 0) is 0 Å². The van der Waals surface area contributed by atoms with Gasteiger partial charge in [-0.2, -0.15) is 0 Å². The van der Waals surface area contributed by atoms with Crippen molar-refractivity contribution in [3.05, 3.63) is 18.3 Å². The third-order valence-electron chi connectivity index (χ3n) is 3.70. The van der Waals surface area contributed by atoms with Crippen molar-refractivity contribution < 1.29 is 23.0 Å². The van der Waals surface area contributed by atoms with Crippen LogP contribution in [0.2, 0.25) is 0 Å². The van der Waals surface area contributed by atoms with Crippen LogP contribution >= 0.6 is 0 Å². The van der Waals surface area contributed by atoms with Crippen molar-refractivity contribution in [3.8, 4) is 5.75 Å². The standard InChI is InChI=1S/C14H19F3N2O2/c15-14(16,17)21-11-6-7-13(18-8-11)19-12-5-3-1-2-4-10(12)9-20/h6-8,10,12,20H,1-5,9H2,(H,18,19). The molecular weight excluding hydrogens is 285 g/mol. The number of anilines is 1. The second kappa shape index (κ2) is 6.98. The Morgan fingerprint density at radius 2 is 2.00 bits per heavy atom. The molecule has 2 unspecified atom stereocenters. The summed E-state index contributed by atoms with van der Waals surface area (Å²) in [6.45, 7) is 0.104. The van der Waals surface area contributed by atoms with Crippen molar-refractivity contribution >= 4 is 5.82 Å². The van der Waals surface area contributed by atoms with Gasteiger partial charge >= 0.3 is 6.36 Å². The molecule has 0 aliphatic heterocycles. The Labute approximate surface area is 121 Å². The summed E-state index contributed by atoms with van der Waals surface area (Å²) < 4.78 is 40.0. The zero-order chi connectivity index (χ0) is 15.3. The van der Waals surface area contributed by atoms with Gasteiger partial charge in [-0.05, 0) is 25.0 Å². The number of nitrogens with one attached hydrogen (secondary N) is 1. The van der Waals surface area contributed by atoms with Crippen LogP contribution in [0.25, 0.3) is 0 Å². The maximum absolute atomic E-state index is 12.1. The van der Waals surface area contributed by atoms with E-state index in [2.05, 4.69) is 15.0 Å². The molecule has 21 heavy (non-hydrogen) atoms. The number of hydrogen-bond acceptors (Lipinski definition) is 4. The zero-order valence-corrected chi connectivity index (χ0v) is 11.6. The first-order valence-electron chi connectivity index (χ1n) is 7.07. The summed E-state index contributed by atoms with van der Waals surface area (Å²) in [6.07, 6.45) is 1.51. The van der Waals surface area contributed by atoms with Gasteiger partial charge in [-0.25, -0.2) is 4.98 Å². The van der Waals surface area contributed by atoms with E-state index in [1.54, 1.807) is 0 Å². The van der Waals surface area contributed by atoms with E-state index >= 15 is 0 Å². The Kier molecular flexibility index (Phi) is 5.27. The molecule has 0 saturated heterocycles. The number of aromatic nitrogens is 1. The lowest BCUT2D eigenvalue weighted by atomic mass is 9.96. The minimum Gasteiger partial charge on any atom is -0.404 e. The van der Waals surface area contributed by atoms with Gasteiger partial charge in [0.15, 0.2) is 0 Å². The highest BCUT2D eigenvalue weighted by atomic mass is 19.4. The molecule has 118 valence electrons. The summed E-state index contributed by atoms with van der Waals surface area (Å²) in [4.78, 5) is 3.94. The van der Waals surface area contributed by atoms with E-state index in [0.717, 1.165) is 38.3 Å². The fourth-order valence-electron chi connectivity index (χ4n) is 2.64. The SMILES string of the molecule is OCC1CCCCCC1Nc1ccc(OC(F)(F)F)cn1. The lowest BCUT2D eigenvalue weighted by Crippen LogP contribution is -2.30. The van der Waals surface area contributed by atoms with E-state index in [-0.39, 0.29) is 24.3 Å². The summed E-state index contributed by atoms with van der Waals surface area (Å²) in [5.41, 5.74) is 0. The molecule has 7 heteroatoms. The van der Waals surface area contributed by atoms with Gasteiger partial charge in [-0.3, -0.25) is 0 Å². The maximum atomic E-state index is 12.1. The monoisotopic (exact) mass is 304 g/mol. The zero-order valence-electron chi connectivity index (χ0n) is 11.6. The second-order valence-corrected chi connectivity index (χ2v) is 5.26. The Balaban J connectivity index is 1.98. The predicted molar refractivity (Wildman–Crippen MR) is 72.0 cm³/mol. The lowest BCUT2D eigenvalue weighted by molar-refractivity contribution is -0.274. The van der Waals surface area contributed by atoms with Crippen LogP contribution in [0.4, 0.5) is 19.0 Å². The van der Waals surface area contributed by atoms with Crippen molar-refractivity contribution in [2.24, 2.45) is 5.92 Å². The summed E-state index contributed by atoms with van der Waals surface area (Å²) in [5, 5.41) is 12.6. The average Bonchev–Trinajstić information content (AvgIpc) is 2.64. The molecule has 1 heterocycles. The maximum Gasteiger partial charge on any atom is 0.573 e. The fourth-order valence-corrected chi connectivity index (χ4v) is 2.64. The minimum atomic E-state index is -4.71. The number of rotatable bonds is 4. The third kappa shape index (κ3) is 5.08. The van der Waals surface area contributed by atoms with Crippen LogP contribution in [0.1, 0.15) is 32.1 Å². The number of alkyl halides is 3. The Bertz CT molecular complexity index is 437. The van der Waals surface area contributed by atoms with Gasteiger partial charge in [-0.1, -0.05) is 19.3 Å². The average molecular weight is 304 g/mol. The normalized spacial score (nSPS) is 23.4. The molecule has 0 radical (unpaired) electrons. The third-order valence-corrected chi connectivity index (χ3v) is 3.70. The Morgan fingerprint density at radius 1 is 1.24 bits per heavy atom. The number of ether oxygens (including phenoxy) is 1. The topological polar surface area (TPSA) is 54.4 Å². The molecular formula is C14H19F3N2O2. The van der Waals surface area contributed by atoms with Crippen molar-refractivity contribution in [1.29, 1.82) is 0 Å². The van der Waals surface area contributed by atoms with Gasteiger partial charge in [0, 0.05) is 18.6 Å². The van der Waals surface area contributed by atoms with E-state index < -0.39 is 6.36 Å². The van der Waals surface area contributed by atoms with Gasteiger partial charge in [0.05, 0.1) is 6.20 Å². The highest BCUT2D eigenvalue weighted by Crippen LogP contribution is 2.27. The van der Waals surface area contributed by atoms with Crippen LogP contribution in [-0.4, -0.2) is 29.1 Å². The fraction of sp³-hybridized carbons (Fsp3) is 0.643. The van der Waals surface area contributed by atoms with Crippen LogP contribution in [0.5, 0.6) is 5.75 Å². The van der Waals surface area contributed by atoms with Crippen LogP contribution in [0.15, 0.2) is 18.3 Å². The predicted octanol–water partition coefficient (Wildman–Crippen LogP) is 3.33. The van der Waals surface area contributed by atoms with Gasteiger partial charge < -0.3 is 15.2 Å². The number of aliphatic hydroxyl groups excluding tert-OH is 1. The molecule has 1 saturated carbocycles. The molecule has 2 rings (SSSR count). The largest absolute Gasteiger partial charge is 0.573 e. The Hall–Kier alpha value is -1.50. The molecule has 0 amide bonds. The first kappa shape index (κ1) is 15.9. The molecule has 2 atom stereocenters. The van der Waals surface area contributed by atoms with Gasteiger partial charge in [0.25, 0.3) is 0 Å². The molecule has 1 aromatic rings. The molecule has 0 spiro atoms. The quantitative estimate of drug-likeness (QED) is 0.838. The summed E-state index contributed by atoms with van der Waals surface area (Å²) >= 11 is 0. The highest BCUT2D eigenvalue weighted by molar-refractivity contribution is 5.38. The summed E-state index contributed by atoms with van der Waals surface area (Å²) in [6, 6.07) is 2.79. The molecule has 1 aliphatic rings. The van der Waals surface area contributed by atoms with Crippen LogP contribution in [0.3, 0.4) is 0 Å². The molecule has 2 N–H and O–H groups in total. The van der Waals surface area contributed by atoms with Gasteiger partial charge in [0.2, 0.25) is 0 Å². The second-order valence-electron chi connectivity index (χ2n) is 5.26. The van der Waals surface area contributed by atoms with Gasteiger partial charge in [0.1, 0.15) is 11.6 Å². The highest BCUT2D eigenvalue weighted by Gasteiger charge is 2.31. The van der Waals surface area contributed by atoms with E-state index in [9.17, 15) is 18.3 Å². The van der Waals surface area contributed by atoms with Crippen LogP contribution < -0.4 is 10.1 Å². The van der Waals surface area contributed by atoms with Crippen molar-refractivity contribution in [1.82, 2.24) is 4.98 Å². The molecule has 0 aromatic carbocycles. The summed E-state index contributed by atoms with van der Waals surface area (Å²) in [7, 11) is 0. The smallest absolute Gasteiger partial charge is 0.404 e. The van der Waals surface area contributed by atoms with E-state index in [4.69, 9.17) is 0 Å². The molecule has 0 bridgehead atoms. The number of hydrogen-bond donors (Lipinski definition) is 2. The number of nitrogens with zero attached hydrogens (tertiary/aromatic N) is 1. The molecule has 1 fully saturated rings. The first-order chi connectivity index (χ1) is 9.98. The molecule has 1 aliphatic carbocycles. The minimum absolute atomic E-state index is 0.0967. The number of halogens is 3. The van der Waals surface area contributed by atoms with Crippen molar-refractivity contribution in [3.63, 3.8) is 0 Å². The molecule has 1 aromatic heterocycles. The van der Waals surface area contributed by atoms with Crippen molar-refractivity contribution in [2.45, 2.75) is 44.5 Å². The van der Waals surface area contributed by atoms with Crippen molar-refractivity contribution in [2.75, 3.05) is 11.9 Å². The first-order valence-corrected chi connectivity index (χ1v) is 7.07. The molecule has 4 nitrogen and oxygen atoms in total. The van der Waals surface area contributed by atoms with E-state index in [1.807, 2.05) is 0 Å². The van der Waals surface area contributed by atoms with Gasteiger partial charge in [-0.15, -0.1) is 13.2 Å². The number of pyridine rings is 1. The van der Waals surface area contributed by atoms with E-state index in [1.165, 1.54) is 12.1 Å². The van der Waals surface area contributed by atoms with E-state index in [0.29, 0.717) is 5.82 Å². The number of aliphatic hydroxyl groups is 1. The van der Waals surface area contributed by atoms with Crippen LogP contribution in [0, 0.1) is 5.92 Å².